The Morgan fingerprint density at radius 1 is 1.03 bits per heavy atom. The monoisotopic (exact) mass is 447 g/mol. The summed E-state index contributed by atoms with van der Waals surface area (Å²) in [5.41, 5.74) is 4.90. The van der Waals surface area contributed by atoms with E-state index in [1.165, 1.54) is 29.7 Å². The van der Waals surface area contributed by atoms with Gasteiger partial charge in [-0.3, -0.25) is 4.79 Å². The molecule has 2 aromatic rings. The zero-order chi connectivity index (χ0) is 23.0. The number of carbonyl (C=O) groups excluding carboxylic acids is 1. The van der Waals surface area contributed by atoms with Crippen molar-refractivity contribution >= 4 is 17.6 Å². The lowest BCUT2D eigenvalue weighted by molar-refractivity contribution is -0.128. The summed E-state index contributed by atoms with van der Waals surface area (Å²) in [7, 11) is 0. The van der Waals surface area contributed by atoms with Crippen molar-refractivity contribution in [3.63, 3.8) is 0 Å². The van der Waals surface area contributed by atoms with E-state index in [9.17, 15) is 4.79 Å². The molecule has 0 aliphatic carbocycles. The molecule has 0 radical (unpaired) electrons. The number of amides is 1. The standard InChI is InChI=1S/C27H37N5O/c1-3-28-27(30-21(2)24-11-7-12-25(18-24)31-14-4-5-15-31)29-19-22-9-6-10-23(17-22)20-32-16-8-13-26(32)33/h6-7,9-12,17-18,21H,3-5,8,13-16,19-20H2,1-2H3,(H2,28,29,30). The predicted octanol–water partition coefficient (Wildman–Crippen LogP) is 4.23. The summed E-state index contributed by atoms with van der Waals surface area (Å²) in [4.78, 5) is 21.2. The molecule has 2 aromatic carbocycles. The van der Waals surface area contributed by atoms with Gasteiger partial charge in [0.05, 0.1) is 12.6 Å². The molecule has 2 aliphatic rings. The summed E-state index contributed by atoms with van der Waals surface area (Å²) in [6, 6.07) is 17.4. The van der Waals surface area contributed by atoms with Crippen molar-refractivity contribution in [3.05, 3.63) is 65.2 Å². The van der Waals surface area contributed by atoms with Gasteiger partial charge in [0.2, 0.25) is 5.91 Å². The summed E-state index contributed by atoms with van der Waals surface area (Å²) < 4.78 is 0. The zero-order valence-corrected chi connectivity index (χ0v) is 20.0. The number of nitrogens with zero attached hydrogens (tertiary/aromatic N) is 3. The number of nitrogens with one attached hydrogen (secondary N) is 2. The smallest absolute Gasteiger partial charge is 0.222 e. The van der Waals surface area contributed by atoms with Crippen LogP contribution in [0, 0.1) is 0 Å². The minimum absolute atomic E-state index is 0.151. The van der Waals surface area contributed by atoms with Crippen LogP contribution in [0.3, 0.4) is 0 Å². The van der Waals surface area contributed by atoms with Gasteiger partial charge in [-0.25, -0.2) is 4.99 Å². The van der Waals surface area contributed by atoms with Crippen LogP contribution in [0.2, 0.25) is 0 Å². The van der Waals surface area contributed by atoms with Gasteiger partial charge in [0, 0.05) is 44.8 Å². The van der Waals surface area contributed by atoms with Crippen molar-refractivity contribution in [3.8, 4) is 0 Å². The fourth-order valence-electron chi connectivity index (χ4n) is 4.66. The normalized spacial score (nSPS) is 17.5. The number of rotatable bonds is 8. The molecule has 33 heavy (non-hydrogen) atoms. The Morgan fingerprint density at radius 2 is 1.82 bits per heavy atom. The first-order valence-corrected chi connectivity index (χ1v) is 12.4. The third kappa shape index (κ3) is 6.28. The number of anilines is 1. The van der Waals surface area contributed by atoms with E-state index in [-0.39, 0.29) is 11.9 Å². The Bertz CT molecular complexity index is 966. The molecule has 0 bridgehead atoms. The van der Waals surface area contributed by atoms with Crippen LogP contribution < -0.4 is 15.5 Å². The highest BCUT2D eigenvalue weighted by Crippen LogP contribution is 2.24. The quantitative estimate of drug-likeness (QED) is 0.470. The third-order valence-corrected chi connectivity index (χ3v) is 6.49. The van der Waals surface area contributed by atoms with Crippen LogP contribution in [0.15, 0.2) is 53.5 Å². The van der Waals surface area contributed by atoms with Gasteiger partial charge < -0.3 is 20.4 Å². The molecule has 2 aliphatic heterocycles. The zero-order valence-electron chi connectivity index (χ0n) is 20.0. The van der Waals surface area contributed by atoms with E-state index in [1.807, 2.05) is 4.90 Å². The maximum atomic E-state index is 12.0. The minimum atomic E-state index is 0.151. The van der Waals surface area contributed by atoms with Crippen molar-refractivity contribution in [2.75, 3.05) is 31.1 Å². The van der Waals surface area contributed by atoms with E-state index >= 15 is 0 Å². The lowest BCUT2D eigenvalue weighted by Gasteiger charge is -2.22. The number of guanidine groups is 1. The first-order chi connectivity index (χ1) is 16.1. The Labute approximate surface area is 198 Å². The van der Waals surface area contributed by atoms with Gasteiger partial charge in [0.25, 0.3) is 0 Å². The number of aliphatic imine (C=N–C) groups is 1. The molecule has 4 rings (SSSR count). The highest BCUT2D eigenvalue weighted by molar-refractivity contribution is 5.80. The molecular weight excluding hydrogens is 410 g/mol. The van der Waals surface area contributed by atoms with Gasteiger partial charge in [-0.15, -0.1) is 0 Å². The Hall–Kier alpha value is -3.02. The second-order valence-electron chi connectivity index (χ2n) is 9.09. The highest BCUT2D eigenvalue weighted by atomic mass is 16.2. The molecule has 2 fully saturated rings. The fraction of sp³-hybridized carbons (Fsp3) is 0.481. The molecule has 0 aromatic heterocycles. The lowest BCUT2D eigenvalue weighted by atomic mass is 10.1. The molecule has 0 saturated carbocycles. The topological polar surface area (TPSA) is 60.0 Å². The molecular formula is C27H37N5O. The maximum Gasteiger partial charge on any atom is 0.222 e. The van der Waals surface area contributed by atoms with Crippen molar-refractivity contribution in [1.29, 1.82) is 0 Å². The van der Waals surface area contributed by atoms with E-state index < -0.39 is 0 Å². The molecule has 6 nitrogen and oxygen atoms in total. The molecule has 2 N–H and O–H groups in total. The second kappa shape index (κ2) is 11.2. The largest absolute Gasteiger partial charge is 0.372 e. The minimum Gasteiger partial charge on any atom is -0.372 e. The SMILES string of the molecule is CCNC(=NCc1cccc(CN2CCCC2=O)c1)NC(C)c1cccc(N2CCCC2)c1. The van der Waals surface area contributed by atoms with Crippen LogP contribution in [0.4, 0.5) is 5.69 Å². The molecule has 1 atom stereocenters. The van der Waals surface area contributed by atoms with E-state index in [0.29, 0.717) is 19.5 Å². The Morgan fingerprint density at radius 3 is 2.58 bits per heavy atom. The van der Waals surface area contributed by atoms with Gasteiger partial charge in [-0.05, 0) is 61.9 Å². The van der Waals surface area contributed by atoms with Crippen molar-refractivity contribution < 1.29 is 4.79 Å². The number of hydrogen-bond donors (Lipinski definition) is 2. The third-order valence-electron chi connectivity index (χ3n) is 6.49. The summed E-state index contributed by atoms with van der Waals surface area (Å²) in [6.07, 6.45) is 4.22. The average molecular weight is 448 g/mol. The van der Waals surface area contributed by atoms with Crippen LogP contribution in [0.25, 0.3) is 0 Å². The summed E-state index contributed by atoms with van der Waals surface area (Å²) in [5.74, 6) is 1.08. The average Bonchev–Trinajstić information content (AvgIpc) is 3.50. The summed E-state index contributed by atoms with van der Waals surface area (Å²) in [5, 5.41) is 6.95. The van der Waals surface area contributed by atoms with Crippen molar-refractivity contribution in [1.82, 2.24) is 15.5 Å². The van der Waals surface area contributed by atoms with Crippen LogP contribution in [0.5, 0.6) is 0 Å². The van der Waals surface area contributed by atoms with E-state index in [4.69, 9.17) is 4.99 Å². The van der Waals surface area contributed by atoms with Crippen LogP contribution in [-0.4, -0.2) is 42.9 Å². The summed E-state index contributed by atoms with van der Waals surface area (Å²) >= 11 is 0. The molecule has 2 heterocycles. The molecule has 2 saturated heterocycles. The lowest BCUT2D eigenvalue weighted by Crippen LogP contribution is -2.38. The molecule has 176 valence electrons. The number of likely N-dealkylation sites (tertiary alicyclic amines) is 1. The van der Waals surface area contributed by atoms with Gasteiger partial charge in [0.15, 0.2) is 5.96 Å². The van der Waals surface area contributed by atoms with Gasteiger partial charge in [0.1, 0.15) is 0 Å². The van der Waals surface area contributed by atoms with Crippen LogP contribution in [-0.2, 0) is 17.9 Å². The summed E-state index contributed by atoms with van der Waals surface area (Å²) in [6.45, 7) is 9.54. The number of benzene rings is 2. The van der Waals surface area contributed by atoms with E-state index in [2.05, 4.69) is 77.9 Å². The first-order valence-electron chi connectivity index (χ1n) is 12.4. The Kier molecular flexibility index (Phi) is 7.87. The van der Waals surface area contributed by atoms with Crippen molar-refractivity contribution in [2.45, 2.75) is 58.7 Å². The van der Waals surface area contributed by atoms with Crippen molar-refractivity contribution in [2.24, 2.45) is 4.99 Å². The van der Waals surface area contributed by atoms with E-state index in [0.717, 1.165) is 44.1 Å². The number of carbonyl (C=O) groups is 1. The Balaban J connectivity index is 1.40. The highest BCUT2D eigenvalue weighted by Gasteiger charge is 2.20. The van der Waals surface area contributed by atoms with Gasteiger partial charge in [-0.2, -0.15) is 0 Å². The van der Waals surface area contributed by atoms with Crippen LogP contribution in [0.1, 0.15) is 62.3 Å². The molecule has 1 unspecified atom stereocenters. The second-order valence-corrected chi connectivity index (χ2v) is 9.09. The van der Waals surface area contributed by atoms with Gasteiger partial charge >= 0.3 is 0 Å². The maximum absolute atomic E-state index is 12.0. The predicted molar refractivity (Wildman–Crippen MR) is 135 cm³/mol. The molecule has 1 amide bonds. The van der Waals surface area contributed by atoms with Gasteiger partial charge in [-0.1, -0.05) is 36.4 Å². The molecule has 6 heteroatoms. The van der Waals surface area contributed by atoms with E-state index in [1.54, 1.807) is 0 Å². The number of hydrogen-bond acceptors (Lipinski definition) is 3. The molecule has 0 spiro atoms. The first kappa shape index (κ1) is 23.1. The fourth-order valence-corrected chi connectivity index (χ4v) is 4.66. The van der Waals surface area contributed by atoms with Crippen LogP contribution >= 0.6 is 0 Å².